The van der Waals surface area contributed by atoms with Crippen molar-refractivity contribution in [3.63, 3.8) is 0 Å². The number of nitrogens with one attached hydrogen (secondary N) is 1. The van der Waals surface area contributed by atoms with Crippen LogP contribution in [0.15, 0.2) is 84.9 Å². The Morgan fingerprint density at radius 1 is 0.943 bits per heavy atom. The fourth-order valence-corrected chi connectivity index (χ4v) is 5.03. The first kappa shape index (κ1) is 23.1. The van der Waals surface area contributed by atoms with E-state index < -0.39 is 5.97 Å². The number of halogens is 1. The van der Waals surface area contributed by atoms with Crippen LogP contribution < -0.4 is 10.1 Å². The molecule has 0 fully saturated rings. The number of carboxylic acid groups (broad SMARTS) is 1. The largest absolute Gasteiger partial charge is 0.490 e. The number of ether oxygens (including phenoxy) is 1. The highest BCUT2D eigenvalue weighted by Crippen LogP contribution is 2.41. The minimum absolute atomic E-state index is 0.0301. The van der Waals surface area contributed by atoms with Crippen LogP contribution in [0.1, 0.15) is 45.8 Å². The van der Waals surface area contributed by atoms with E-state index in [2.05, 4.69) is 11.4 Å². The van der Waals surface area contributed by atoms with Gasteiger partial charge in [0.05, 0.1) is 5.56 Å². The first-order valence-electron chi connectivity index (χ1n) is 12.1. The van der Waals surface area contributed by atoms with Crippen LogP contribution in [0, 0.1) is 5.82 Å². The molecule has 5 rings (SSSR count). The van der Waals surface area contributed by atoms with Gasteiger partial charge in [0.2, 0.25) is 0 Å². The van der Waals surface area contributed by atoms with Crippen LogP contribution in [-0.2, 0) is 6.42 Å². The number of fused-ring (bicyclic) bond motifs is 2. The van der Waals surface area contributed by atoms with Gasteiger partial charge in [-0.1, -0.05) is 60.7 Å². The predicted octanol–water partition coefficient (Wildman–Crippen LogP) is 6.18. The van der Waals surface area contributed by atoms with Gasteiger partial charge in [0, 0.05) is 16.9 Å². The summed E-state index contributed by atoms with van der Waals surface area (Å²) >= 11 is 0. The fourth-order valence-electron chi connectivity index (χ4n) is 5.03. The number of aromatic carboxylic acids is 1. The van der Waals surface area contributed by atoms with Gasteiger partial charge >= 0.3 is 5.97 Å². The Morgan fingerprint density at radius 2 is 1.74 bits per heavy atom. The van der Waals surface area contributed by atoms with E-state index >= 15 is 0 Å². The molecule has 4 nitrogen and oxygen atoms in total. The molecule has 2 N–H and O–H groups in total. The van der Waals surface area contributed by atoms with Crippen LogP contribution in [0.25, 0.3) is 10.8 Å². The molecule has 1 aliphatic heterocycles. The Morgan fingerprint density at radius 3 is 2.60 bits per heavy atom. The zero-order chi connectivity index (χ0) is 24.2. The van der Waals surface area contributed by atoms with Gasteiger partial charge in [-0.3, -0.25) is 0 Å². The van der Waals surface area contributed by atoms with Gasteiger partial charge in [-0.15, -0.1) is 0 Å². The molecule has 0 aliphatic carbocycles. The Kier molecular flexibility index (Phi) is 6.77. The summed E-state index contributed by atoms with van der Waals surface area (Å²) in [5.41, 5.74) is 3.54. The normalized spacial score (nSPS) is 17.1. The number of carboxylic acids is 1. The van der Waals surface area contributed by atoms with Gasteiger partial charge in [-0.2, -0.15) is 0 Å². The maximum Gasteiger partial charge on any atom is 0.335 e. The topological polar surface area (TPSA) is 58.6 Å². The molecule has 2 atom stereocenters. The van der Waals surface area contributed by atoms with Crippen molar-refractivity contribution >= 4 is 16.7 Å². The minimum atomic E-state index is -0.915. The van der Waals surface area contributed by atoms with E-state index in [0.717, 1.165) is 60.2 Å². The van der Waals surface area contributed by atoms with Crippen LogP contribution in [0.5, 0.6) is 5.75 Å². The summed E-state index contributed by atoms with van der Waals surface area (Å²) in [6.07, 6.45) is 2.49. The predicted molar refractivity (Wildman–Crippen MR) is 136 cm³/mol. The molecule has 4 aromatic carbocycles. The van der Waals surface area contributed by atoms with E-state index in [0.29, 0.717) is 10.9 Å². The quantitative estimate of drug-likeness (QED) is 0.303. The number of hydrogen-bond donors (Lipinski definition) is 2. The maximum atomic E-state index is 14.1. The Labute approximate surface area is 204 Å². The smallest absolute Gasteiger partial charge is 0.335 e. The lowest BCUT2D eigenvalue weighted by Gasteiger charge is -2.33. The van der Waals surface area contributed by atoms with E-state index in [1.807, 2.05) is 60.7 Å². The Balaban J connectivity index is 1.22. The highest BCUT2D eigenvalue weighted by atomic mass is 19.1. The third-order valence-electron chi connectivity index (χ3n) is 6.80. The molecule has 178 valence electrons. The Bertz CT molecular complexity index is 1350. The first-order valence-corrected chi connectivity index (χ1v) is 12.1. The molecule has 0 spiro atoms. The zero-order valence-electron chi connectivity index (χ0n) is 19.4. The molecule has 2 unspecified atom stereocenters. The number of benzene rings is 4. The average molecular weight is 470 g/mol. The van der Waals surface area contributed by atoms with E-state index in [1.54, 1.807) is 18.2 Å². The summed E-state index contributed by atoms with van der Waals surface area (Å²) < 4.78 is 20.4. The summed E-state index contributed by atoms with van der Waals surface area (Å²) in [5, 5.41) is 14.6. The molecule has 0 saturated carbocycles. The molecule has 1 heterocycles. The molecular weight excluding hydrogens is 441 g/mol. The van der Waals surface area contributed by atoms with Gasteiger partial charge in [-0.25, -0.2) is 9.18 Å². The van der Waals surface area contributed by atoms with Crippen molar-refractivity contribution in [2.24, 2.45) is 0 Å². The van der Waals surface area contributed by atoms with Crippen molar-refractivity contribution in [1.29, 1.82) is 0 Å². The van der Waals surface area contributed by atoms with Crippen LogP contribution >= 0.6 is 0 Å². The summed E-state index contributed by atoms with van der Waals surface area (Å²) in [6.45, 7) is 1.59. The summed E-state index contributed by atoms with van der Waals surface area (Å²) in [4.78, 5) is 11.5. The number of carbonyl (C=O) groups is 1. The monoisotopic (exact) mass is 469 g/mol. The second-order valence-corrected chi connectivity index (χ2v) is 9.04. The van der Waals surface area contributed by atoms with Gasteiger partial charge in [0.25, 0.3) is 0 Å². The van der Waals surface area contributed by atoms with E-state index in [1.165, 1.54) is 0 Å². The maximum absolute atomic E-state index is 14.1. The Hall–Kier alpha value is -3.70. The number of para-hydroxylation sites is 1. The lowest BCUT2D eigenvalue weighted by atomic mass is 9.83. The van der Waals surface area contributed by atoms with Crippen molar-refractivity contribution < 1.29 is 19.0 Å². The second kappa shape index (κ2) is 10.3. The summed E-state index contributed by atoms with van der Waals surface area (Å²) in [7, 11) is 0. The standard InChI is InChI=1S/C30H28FNO3/c31-28-13-12-20(24-8-1-2-9-25(24)28)14-16-32-17-15-23-19-27(26-10-3-4-11-29(26)35-23)21-6-5-7-22(18-21)30(33)34/h1-13,18,23,27,32H,14-17,19H2,(H,33,34). The summed E-state index contributed by atoms with van der Waals surface area (Å²) in [5.74, 6) is -0.139. The highest BCUT2D eigenvalue weighted by Gasteiger charge is 2.29. The van der Waals surface area contributed by atoms with Crippen LogP contribution in [0.3, 0.4) is 0 Å². The third-order valence-corrected chi connectivity index (χ3v) is 6.80. The minimum Gasteiger partial charge on any atom is -0.490 e. The van der Waals surface area contributed by atoms with Crippen LogP contribution in [0.2, 0.25) is 0 Å². The zero-order valence-corrected chi connectivity index (χ0v) is 19.4. The molecule has 0 bridgehead atoms. The van der Waals surface area contributed by atoms with Crippen molar-refractivity contribution in [1.82, 2.24) is 5.32 Å². The fraction of sp³-hybridized carbons (Fsp3) is 0.233. The van der Waals surface area contributed by atoms with E-state index in [9.17, 15) is 14.3 Å². The third kappa shape index (κ3) is 5.05. The second-order valence-electron chi connectivity index (χ2n) is 9.04. The molecule has 0 amide bonds. The highest BCUT2D eigenvalue weighted by molar-refractivity contribution is 5.88. The van der Waals surface area contributed by atoms with E-state index in [4.69, 9.17) is 4.74 Å². The van der Waals surface area contributed by atoms with Crippen molar-refractivity contribution in [2.75, 3.05) is 13.1 Å². The van der Waals surface area contributed by atoms with Gasteiger partial charge in [0.15, 0.2) is 0 Å². The SMILES string of the molecule is O=C(O)c1cccc(C2CC(CCNCCc3ccc(F)c4ccccc34)Oc3ccccc32)c1. The van der Waals surface area contributed by atoms with Crippen molar-refractivity contribution in [2.45, 2.75) is 31.3 Å². The van der Waals surface area contributed by atoms with Crippen LogP contribution in [-0.4, -0.2) is 30.3 Å². The average Bonchev–Trinajstić information content (AvgIpc) is 2.89. The van der Waals surface area contributed by atoms with E-state index in [-0.39, 0.29) is 17.8 Å². The molecule has 0 saturated heterocycles. The molecule has 0 aromatic heterocycles. The van der Waals surface area contributed by atoms with Gasteiger partial charge in [-0.05, 0) is 73.1 Å². The molecule has 35 heavy (non-hydrogen) atoms. The van der Waals surface area contributed by atoms with Crippen molar-refractivity contribution in [3.8, 4) is 5.75 Å². The lowest BCUT2D eigenvalue weighted by Crippen LogP contribution is -2.30. The molecule has 0 radical (unpaired) electrons. The number of hydrogen-bond acceptors (Lipinski definition) is 3. The molecule has 1 aliphatic rings. The number of rotatable bonds is 8. The molecule has 4 aromatic rings. The first-order chi connectivity index (χ1) is 17.1. The van der Waals surface area contributed by atoms with Gasteiger partial charge < -0.3 is 15.2 Å². The van der Waals surface area contributed by atoms with Gasteiger partial charge in [0.1, 0.15) is 17.7 Å². The molecule has 5 heteroatoms. The van der Waals surface area contributed by atoms with Crippen molar-refractivity contribution in [3.05, 3.63) is 113 Å². The van der Waals surface area contributed by atoms with Crippen LogP contribution in [0.4, 0.5) is 4.39 Å². The summed E-state index contributed by atoms with van der Waals surface area (Å²) in [6, 6.07) is 26.3. The molecular formula is C30H28FNO3. The lowest BCUT2D eigenvalue weighted by molar-refractivity contribution is 0.0696.